The van der Waals surface area contributed by atoms with Crippen LogP contribution in [-0.2, 0) is 23.8 Å². The quantitative estimate of drug-likeness (QED) is 0.661. The van der Waals surface area contributed by atoms with Crippen LogP contribution in [0.15, 0.2) is 24.3 Å². The highest BCUT2D eigenvalue weighted by Gasteiger charge is 2.24. The molecule has 2 aliphatic heterocycles. The van der Waals surface area contributed by atoms with Crippen LogP contribution in [0, 0.1) is 6.92 Å². The molecule has 2 fully saturated rings. The van der Waals surface area contributed by atoms with Crippen LogP contribution in [0.25, 0.3) is 0 Å². The van der Waals surface area contributed by atoms with Crippen molar-refractivity contribution in [1.82, 2.24) is 4.90 Å². The standard InChI is InChI=1S/C21H30N2O5/c1-16-5-3-6-18(13-16)22-8-10-23(11-9-22)20(24)15-28-21(25)17(2)27-14-19-7-4-12-26-19/h3,5-6,13,17,19H,4,7-12,14-15H2,1-2H3. The molecule has 2 aliphatic rings. The third kappa shape index (κ3) is 5.69. The lowest BCUT2D eigenvalue weighted by Crippen LogP contribution is -2.50. The molecule has 1 amide bonds. The summed E-state index contributed by atoms with van der Waals surface area (Å²) in [6.07, 6.45) is 1.34. The van der Waals surface area contributed by atoms with E-state index in [9.17, 15) is 9.59 Å². The summed E-state index contributed by atoms with van der Waals surface area (Å²) < 4.78 is 16.1. The number of amides is 1. The summed E-state index contributed by atoms with van der Waals surface area (Å²) in [4.78, 5) is 28.4. The number of carbonyl (C=O) groups is 2. The van der Waals surface area contributed by atoms with Crippen molar-refractivity contribution in [3.63, 3.8) is 0 Å². The lowest BCUT2D eigenvalue weighted by molar-refractivity contribution is -0.162. The minimum absolute atomic E-state index is 0.0570. The van der Waals surface area contributed by atoms with Crippen LogP contribution in [0.4, 0.5) is 5.69 Å². The number of aryl methyl sites for hydroxylation is 1. The van der Waals surface area contributed by atoms with Crippen molar-refractivity contribution in [2.45, 2.75) is 38.9 Å². The monoisotopic (exact) mass is 390 g/mol. The van der Waals surface area contributed by atoms with Crippen molar-refractivity contribution < 1.29 is 23.8 Å². The number of carbonyl (C=O) groups excluding carboxylic acids is 2. The molecule has 0 aromatic heterocycles. The molecular weight excluding hydrogens is 360 g/mol. The van der Waals surface area contributed by atoms with Crippen LogP contribution < -0.4 is 4.90 Å². The molecule has 2 saturated heterocycles. The number of nitrogens with zero attached hydrogens (tertiary/aromatic N) is 2. The zero-order chi connectivity index (χ0) is 19.9. The Labute approximate surface area is 166 Å². The number of anilines is 1. The summed E-state index contributed by atoms with van der Waals surface area (Å²) in [5, 5.41) is 0. The number of esters is 1. The van der Waals surface area contributed by atoms with E-state index in [4.69, 9.17) is 14.2 Å². The maximum absolute atomic E-state index is 12.4. The zero-order valence-corrected chi connectivity index (χ0v) is 16.8. The van der Waals surface area contributed by atoms with Crippen LogP contribution >= 0.6 is 0 Å². The Hall–Kier alpha value is -2.12. The van der Waals surface area contributed by atoms with Gasteiger partial charge in [-0.2, -0.15) is 0 Å². The summed E-state index contributed by atoms with van der Waals surface area (Å²) in [5.41, 5.74) is 2.40. The fourth-order valence-corrected chi connectivity index (χ4v) is 3.48. The smallest absolute Gasteiger partial charge is 0.335 e. The van der Waals surface area contributed by atoms with E-state index in [2.05, 4.69) is 30.0 Å². The van der Waals surface area contributed by atoms with E-state index in [-0.39, 0.29) is 18.6 Å². The van der Waals surface area contributed by atoms with E-state index in [0.29, 0.717) is 19.7 Å². The molecule has 2 heterocycles. The van der Waals surface area contributed by atoms with Gasteiger partial charge in [0.25, 0.3) is 5.91 Å². The Morgan fingerprint density at radius 2 is 2.04 bits per heavy atom. The molecule has 154 valence electrons. The summed E-state index contributed by atoms with van der Waals surface area (Å²) in [7, 11) is 0. The number of piperazine rings is 1. The van der Waals surface area contributed by atoms with Gasteiger partial charge in [-0.3, -0.25) is 4.79 Å². The number of hydrogen-bond acceptors (Lipinski definition) is 6. The minimum Gasteiger partial charge on any atom is -0.454 e. The zero-order valence-electron chi connectivity index (χ0n) is 16.8. The first-order valence-corrected chi connectivity index (χ1v) is 10.0. The van der Waals surface area contributed by atoms with Crippen molar-refractivity contribution in [2.75, 3.05) is 50.9 Å². The molecule has 0 spiro atoms. The van der Waals surface area contributed by atoms with E-state index < -0.39 is 12.1 Å². The maximum Gasteiger partial charge on any atom is 0.335 e. The lowest BCUT2D eigenvalue weighted by atomic mass is 10.2. The van der Waals surface area contributed by atoms with Crippen molar-refractivity contribution in [3.8, 4) is 0 Å². The molecule has 0 bridgehead atoms. The molecule has 0 radical (unpaired) electrons. The summed E-state index contributed by atoms with van der Waals surface area (Å²) in [6.45, 7) is 7.38. The van der Waals surface area contributed by atoms with E-state index >= 15 is 0 Å². The normalized spacial score (nSPS) is 20.9. The molecular formula is C21H30N2O5. The average molecular weight is 390 g/mol. The van der Waals surface area contributed by atoms with Crippen molar-refractivity contribution >= 4 is 17.6 Å². The van der Waals surface area contributed by atoms with Gasteiger partial charge in [0, 0.05) is 38.5 Å². The van der Waals surface area contributed by atoms with Gasteiger partial charge >= 0.3 is 5.97 Å². The number of hydrogen-bond donors (Lipinski definition) is 0. The average Bonchev–Trinajstić information content (AvgIpc) is 3.23. The molecule has 7 nitrogen and oxygen atoms in total. The number of ether oxygens (including phenoxy) is 3. The first-order chi connectivity index (χ1) is 13.5. The maximum atomic E-state index is 12.4. The second-order valence-electron chi connectivity index (χ2n) is 7.43. The van der Waals surface area contributed by atoms with Crippen LogP contribution in [0.5, 0.6) is 0 Å². The summed E-state index contributed by atoms with van der Waals surface area (Å²) in [6, 6.07) is 8.36. The predicted octanol–water partition coefficient (Wildman–Crippen LogP) is 1.77. The number of benzene rings is 1. The fraction of sp³-hybridized carbons (Fsp3) is 0.619. The Morgan fingerprint density at radius 3 is 2.71 bits per heavy atom. The lowest BCUT2D eigenvalue weighted by Gasteiger charge is -2.36. The van der Waals surface area contributed by atoms with E-state index in [1.54, 1.807) is 11.8 Å². The third-order valence-electron chi connectivity index (χ3n) is 5.23. The second-order valence-corrected chi connectivity index (χ2v) is 7.43. The van der Waals surface area contributed by atoms with Crippen LogP contribution in [0.3, 0.4) is 0 Å². The molecule has 3 rings (SSSR count). The molecule has 1 aromatic carbocycles. The van der Waals surface area contributed by atoms with Crippen molar-refractivity contribution in [2.24, 2.45) is 0 Å². The molecule has 2 atom stereocenters. The first kappa shape index (κ1) is 20.6. The van der Waals surface area contributed by atoms with Crippen LogP contribution in [-0.4, -0.2) is 75.0 Å². The van der Waals surface area contributed by atoms with Gasteiger partial charge in [-0.15, -0.1) is 0 Å². The molecule has 2 unspecified atom stereocenters. The van der Waals surface area contributed by atoms with Gasteiger partial charge < -0.3 is 24.0 Å². The Bertz CT molecular complexity index is 667. The molecule has 28 heavy (non-hydrogen) atoms. The predicted molar refractivity (Wildman–Crippen MR) is 105 cm³/mol. The van der Waals surface area contributed by atoms with Crippen molar-refractivity contribution in [1.29, 1.82) is 0 Å². The molecule has 0 aliphatic carbocycles. The summed E-state index contributed by atoms with van der Waals surface area (Å²) in [5.74, 6) is -0.673. The van der Waals surface area contributed by atoms with Crippen LogP contribution in [0.1, 0.15) is 25.3 Å². The minimum atomic E-state index is -0.699. The van der Waals surface area contributed by atoms with Gasteiger partial charge in [-0.1, -0.05) is 12.1 Å². The van der Waals surface area contributed by atoms with E-state index in [0.717, 1.165) is 32.5 Å². The highest BCUT2D eigenvalue weighted by atomic mass is 16.6. The molecule has 0 saturated carbocycles. The fourth-order valence-electron chi connectivity index (χ4n) is 3.48. The Kier molecular flexibility index (Phi) is 7.28. The van der Waals surface area contributed by atoms with Gasteiger partial charge in [0.05, 0.1) is 12.7 Å². The Balaban J connectivity index is 1.36. The number of rotatable bonds is 7. The molecule has 7 heteroatoms. The van der Waals surface area contributed by atoms with Gasteiger partial charge in [0.1, 0.15) is 0 Å². The SMILES string of the molecule is Cc1cccc(N2CCN(C(=O)COC(=O)C(C)OCC3CCCO3)CC2)c1. The molecule has 0 N–H and O–H groups in total. The second kappa shape index (κ2) is 9.89. The molecule has 1 aromatic rings. The van der Waals surface area contributed by atoms with Crippen molar-refractivity contribution in [3.05, 3.63) is 29.8 Å². The summed E-state index contributed by atoms with van der Waals surface area (Å²) >= 11 is 0. The van der Waals surface area contributed by atoms with Gasteiger partial charge in [-0.05, 0) is 44.4 Å². The van der Waals surface area contributed by atoms with Crippen LogP contribution in [0.2, 0.25) is 0 Å². The first-order valence-electron chi connectivity index (χ1n) is 10.0. The third-order valence-corrected chi connectivity index (χ3v) is 5.23. The van der Waals surface area contributed by atoms with Gasteiger partial charge in [0.15, 0.2) is 12.7 Å². The highest BCUT2D eigenvalue weighted by molar-refractivity contribution is 5.82. The highest BCUT2D eigenvalue weighted by Crippen LogP contribution is 2.18. The van der Waals surface area contributed by atoms with Gasteiger partial charge in [0.2, 0.25) is 0 Å². The topological polar surface area (TPSA) is 68.3 Å². The van der Waals surface area contributed by atoms with E-state index in [1.165, 1.54) is 11.3 Å². The Morgan fingerprint density at radius 1 is 1.25 bits per heavy atom. The van der Waals surface area contributed by atoms with Gasteiger partial charge in [-0.25, -0.2) is 4.79 Å². The van der Waals surface area contributed by atoms with E-state index in [1.807, 2.05) is 6.07 Å². The largest absolute Gasteiger partial charge is 0.454 e.